The average molecular weight is 344 g/mol. The number of nitrogens with zero attached hydrogens (tertiary/aromatic N) is 1. The zero-order valence-corrected chi connectivity index (χ0v) is 12.8. The molecule has 0 saturated carbocycles. The zero-order chi connectivity index (χ0) is 12.3. The van der Waals surface area contributed by atoms with E-state index < -0.39 is 10.0 Å². The van der Waals surface area contributed by atoms with Gasteiger partial charge in [-0.15, -0.1) is 12.4 Å². The van der Waals surface area contributed by atoms with Gasteiger partial charge in [0, 0.05) is 24.1 Å². The Bertz CT molecular complexity index is 467. The SMILES string of the molecule is CC(CN)N(C)S(=O)(=O)c1ccccc1Br.Cl. The first-order valence-corrected chi connectivity index (χ1v) is 7.07. The molecule has 0 aromatic heterocycles. The molecule has 1 aromatic rings. The van der Waals surface area contributed by atoms with Crippen molar-refractivity contribution in [1.82, 2.24) is 4.31 Å². The average Bonchev–Trinajstić information content (AvgIpc) is 2.27. The van der Waals surface area contributed by atoms with Crippen LogP contribution in [0.25, 0.3) is 0 Å². The summed E-state index contributed by atoms with van der Waals surface area (Å²) in [6.07, 6.45) is 0. The Hall–Kier alpha value is -0.140. The van der Waals surface area contributed by atoms with Gasteiger partial charge in [0.05, 0.1) is 4.90 Å². The number of likely N-dealkylation sites (N-methyl/N-ethyl adjacent to an activating group) is 1. The number of sulfonamides is 1. The third-order valence-electron chi connectivity index (χ3n) is 2.46. The van der Waals surface area contributed by atoms with Gasteiger partial charge in [0.2, 0.25) is 10.0 Å². The van der Waals surface area contributed by atoms with Gasteiger partial charge >= 0.3 is 0 Å². The van der Waals surface area contributed by atoms with Crippen LogP contribution in [0.1, 0.15) is 6.92 Å². The highest BCUT2D eigenvalue weighted by Crippen LogP contribution is 2.24. The summed E-state index contributed by atoms with van der Waals surface area (Å²) >= 11 is 3.23. The molecule has 0 heterocycles. The highest BCUT2D eigenvalue weighted by atomic mass is 79.9. The van der Waals surface area contributed by atoms with E-state index in [9.17, 15) is 8.42 Å². The fourth-order valence-corrected chi connectivity index (χ4v) is 3.53. The number of halogens is 2. The highest BCUT2D eigenvalue weighted by Gasteiger charge is 2.26. The van der Waals surface area contributed by atoms with Crippen molar-refractivity contribution >= 4 is 38.4 Å². The maximum Gasteiger partial charge on any atom is 0.244 e. The molecule has 0 amide bonds. The maximum atomic E-state index is 12.2. The lowest BCUT2D eigenvalue weighted by Gasteiger charge is -2.23. The number of benzene rings is 1. The first-order chi connectivity index (χ1) is 7.41. The summed E-state index contributed by atoms with van der Waals surface area (Å²) in [7, 11) is -1.94. The quantitative estimate of drug-likeness (QED) is 0.907. The Labute approximate surface area is 117 Å². The second kappa shape index (κ2) is 6.70. The van der Waals surface area contributed by atoms with Gasteiger partial charge in [-0.25, -0.2) is 8.42 Å². The second-order valence-corrected chi connectivity index (χ2v) is 6.36. The molecule has 0 aliphatic heterocycles. The van der Waals surface area contributed by atoms with Crippen molar-refractivity contribution in [3.63, 3.8) is 0 Å². The second-order valence-electron chi connectivity index (χ2n) is 3.54. The van der Waals surface area contributed by atoms with Crippen molar-refractivity contribution in [3.8, 4) is 0 Å². The first-order valence-electron chi connectivity index (χ1n) is 4.84. The predicted octanol–water partition coefficient (Wildman–Crippen LogP) is 1.84. The van der Waals surface area contributed by atoms with Crippen LogP contribution in [-0.4, -0.2) is 32.4 Å². The summed E-state index contributed by atoms with van der Waals surface area (Å²) in [4.78, 5) is 0.262. The van der Waals surface area contributed by atoms with Crippen LogP contribution in [0.15, 0.2) is 33.6 Å². The van der Waals surface area contributed by atoms with Crippen molar-refractivity contribution in [1.29, 1.82) is 0 Å². The lowest BCUT2D eigenvalue weighted by Crippen LogP contribution is -2.39. The van der Waals surface area contributed by atoms with Crippen molar-refractivity contribution in [2.75, 3.05) is 13.6 Å². The number of hydrogen-bond donors (Lipinski definition) is 1. The summed E-state index contributed by atoms with van der Waals surface area (Å²) in [6, 6.07) is 6.51. The van der Waals surface area contributed by atoms with Crippen LogP contribution in [0, 0.1) is 0 Å². The summed E-state index contributed by atoms with van der Waals surface area (Å²) in [5, 5.41) is 0. The van der Waals surface area contributed by atoms with Gasteiger partial charge in [-0.3, -0.25) is 0 Å². The lowest BCUT2D eigenvalue weighted by molar-refractivity contribution is 0.394. The van der Waals surface area contributed by atoms with Gasteiger partial charge < -0.3 is 5.73 Å². The van der Waals surface area contributed by atoms with Crippen LogP contribution >= 0.6 is 28.3 Å². The molecule has 1 atom stereocenters. The van der Waals surface area contributed by atoms with E-state index in [1.807, 2.05) is 0 Å². The van der Waals surface area contributed by atoms with Crippen molar-refractivity contribution in [3.05, 3.63) is 28.7 Å². The van der Waals surface area contributed by atoms with Crippen LogP contribution in [0.4, 0.5) is 0 Å². The van der Waals surface area contributed by atoms with E-state index in [4.69, 9.17) is 5.73 Å². The molecule has 0 aliphatic carbocycles. The molecule has 2 N–H and O–H groups in total. The monoisotopic (exact) mass is 342 g/mol. The van der Waals surface area contributed by atoms with Crippen molar-refractivity contribution in [2.24, 2.45) is 5.73 Å². The van der Waals surface area contributed by atoms with E-state index >= 15 is 0 Å². The van der Waals surface area contributed by atoms with Gasteiger partial charge in [0.1, 0.15) is 0 Å². The standard InChI is InChI=1S/C10H15BrN2O2S.ClH/c1-8(7-12)13(2)16(14,15)10-6-4-3-5-9(10)11;/h3-6,8H,7,12H2,1-2H3;1H. The Kier molecular flexibility index (Phi) is 6.65. The van der Waals surface area contributed by atoms with Crippen LogP contribution in [0.5, 0.6) is 0 Å². The van der Waals surface area contributed by atoms with Crippen LogP contribution in [0.2, 0.25) is 0 Å². The van der Waals surface area contributed by atoms with E-state index in [2.05, 4.69) is 15.9 Å². The first kappa shape index (κ1) is 16.9. The van der Waals surface area contributed by atoms with Crippen LogP contribution in [0.3, 0.4) is 0 Å². The van der Waals surface area contributed by atoms with Gasteiger partial charge in [0.25, 0.3) is 0 Å². The third-order valence-corrected chi connectivity index (χ3v) is 5.44. The third kappa shape index (κ3) is 3.66. The Balaban J connectivity index is 0.00000256. The molecule has 1 unspecified atom stereocenters. The molecular weight excluding hydrogens is 328 g/mol. The van der Waals surface area contributed by atoms with Crippen LogP contribution in [-0.2, 0) is 10.0 Å². The van der Waals surface area contributed by atoms with Gasteiger partial charge in [-0.05, 0) is 35.0 Å². The molecule has 98 valence electrons. The van der Waals surface area contributed by atoms with Gasteiger partial charge in [-0.2, -0.15) is 4.31 Å². The number of rotatable bonds is 4. The molecule has 0 radical (unpaired) electrons. The molecule has 7 heteroatoms. The predicted molar refractivity (Wildman–Crippen MR) is 74.9 cm³/mol. The Morgan fingerprint density at radius 2 is 1.94 bits per heavy atom. The van der Waals surface area contributed by atoms with Gasteiger partial charge in [0.15, 0.2) is 0 Å². The highest BCUT2D eigenvalue weighted by molar-refractivity contribution is 9.10. The van der Waals surface area contributed by atoms with E-state index in [1.165, 1.54) is 11.4 Å². The molecule has 4 nitrogen and oxygen atoms in total. The number of hydrogen-bond acceptors (Lipinski definition) is 3. The molecule has 0 aliphatic rings. The largest absolute Gasteiger partial charge is 0.329 e. The zero-order valence-electron chi connectivity index (χ0n) is 9.63. The van der Waals surface area contributed by atoms with Gasteiger partial charge in [-0.1, -0.05) is 12.1 Å². The lowest BCUT2D eigenvalue weighted by atomic mass is 10.4. The Morgan fingerprint density at radius 1 is 1.41 bits per heavy atom. The van der Waals surface area contributed by atoms with Crippen LogP contribution < -0.4 is 5.73 Å². The molecular formula is C10H16BrClN2O2S. The molecule has 0 spiro atoms. The van der Waals surface area contributed by atoms with E-state index in [1.54, 1.807) is 31.2 Å². The molecule has 1 aromatic carbocycles. The summed E-state index contributed by atoms with van der Waals surface area (Å²) in [5.74, 6) is 0. The van der Waals surface area contributed by atoms with Crippen molar-refractivity contribution < 1.29 is 8.42 Å². The van der Waals surface area contributed by atoms with E-state index in [0.29, 0.717) is 11.0 Å². The fraction of sp³-hybridized carbons (Fsp3) is 0.400. The van der Waals surface area contributed by atoms with E-state index in [0.717, 1.165) is 0 Å². The minimum Gasteiger partial charge on any atom is -0.329 e. The summed E-state index contributed by atoms with van der Waals surface area (Å²) < 4.78 is 26.2. The normalized spacial score (nSPS) is 13.2. The molecule has 17 heavy (non-hydrogen) atoms. The summed E-state index contributed by atoms with van der Waals surface area (Å²) in [5.41, 5.74) is 5.47. The molecule has 0 bridgehead atoms. The molecule has 0 fully saturated rings. The number of nitrogens with two attached hydrogens (primary N) is 1. The molecule has 0 saturated heterocycles. The summed E-state index contributed by atoms with van der Waals surface area (Å²) in [6.45, 7) is 2.06. The minimum atomic E-state index is -3.47. The topological polar surface area (TPSA) is 63.4 Å². The fourth-order valence-electron chi connectivity index (χ4n) is 1.19. The molecule has 1 rings (SSSR count). The van der Waals surface area contributed by atoms with Crippen molar-refractivity contribution in [2.45, 2.75) is 17.9 Å². The van der Waals surface area contributed by atoms with E-state index in [-0.39, 0.29) is 23.3 Å². The Morgan fingerprint density at radius 3 is 2.41 bits per heavy atom. The maximum absolute atomic E-state index is 12.2. The smallest absolute Gasteiger partial charge is 0.244 e. The minimum absolute atomic E-state index is 0.